The molecule has 0 aromatic heterocycles. The first-order chi connectivity index (χ1) is 8.75. The van der Waals surface area contributed by atoms with E-state index in [-0.39, 0.29) is 5.82 Å². The third-order valence-electron chi connectivity index (χ3n) is 3.23. The van der Waals surface area contributed by atoms with Gasteiger partial charge in [0.2, 0.25) is 0 Å². The maximum absolute atomic E-state index is 13.8. The van der Waals surface area contributed by atoms with Crippen molar-refractivity contribution in [2.24, 2.45) is 0 Å². The molecule has 0 spiro atoms. The molecule has 18 heavy (non-hydrogen) atoms. The molecule has 1 aliphatic heterocycles. The second-order valence-electron chi connectivity index (χ2n) is 4.41. The van der Waals surface area contributed by atoms with Gasteiger partial charge in [0, 0.05) is 12.0 Å². The number of rotatable bonds is 2. The minimum Gasteiger partial charge on any atom is -0.423 e. The van der Waals surface area contributed by atoms with Gasteiger partial charge in [0.25, 0.3) is 0 Å². The number of hydrogen-bond donors (Lipinski definition) is 1. The molecule has 0 saturated carbocycles. The van der Waals surface area contributed by atoms with Crippen LogP contribution < -0.4 is 5.46 Å². The Morgan fingerprint density at radius 2 is 1.89 bits per heavy atom. The molecular weight excluding hydrogens is 230 g/mol. The van der Waals surface area contributed by atoms with E-state index in [4.69, 9.17) is 4.65 Å². The molecule has 0 aliphatic carbocycles. The van der Waals surface area contributed by atoms with Crippen molar-refractivity contribution in [1.82, 2.24) is 0 Å². The van der Waals surface area contributed by atoms with Crippen LogP contribution in [-0.2, 0) is 11.1 Å². The summed E-state index contributed by atoms with van der Waals surface area (Å²) < 4.78 is 19.3. The van der Waals surface area contributed by atoms with E-state index in [9.17, 15) is 9.41 Å². The molecule has 90 valence electrons. The fourth-order valence-corrected chi connectivity index (χ4v) is 2.38. The lowest BCUT2D eigenvalue weighted by molar-refractivity contribution is 0.187. The molecule has 1 aliphatic rings. The van der Waals surface area contributed by atoms with Crippen molar-refractivity contribution >= 4 is 12.6 Å². The molecule has 2 nitrogen and oxygen atoms in total. The Hall–Kier alpha value is -1.65. The van der Waals surface area contributed by atoms with Crippen molar-refractivity contribution in [2.45, 2.75) is 12.5 Å². The number of hydrogen-bond acceptors (Lipinski definition) is 2. The Balaban J connectivity index is 1.93. The van der Waals surface area contributed by atoms with Crippen LogP contribution in [0.2, 0.25) is 0 Å². The lowest BCUT2D eigenvalue weighted by Gasteiger charge is -2.12. The lowest BCUT2D eigenvalue weighted by atomic mass is 9.79. The summed E-state index contributed by atoms with van der Waals surface area (Å²) in [4.78, 5) is 0. The molecule has 2 aromatic rings. The Kier molecular flexibility index (Phi) is 2.90. The van der Waals surface area contributed by atoms with Crippen LogP contribution in [0.5, 0.6) is 0 Å². The maximum atomic E-state index is 13.8. The predicted octanol–water partition coefficient (Wildman–Crippen LogP) is 1.83. The number of benzene rings is 2. The smallest absolute Gasteiger partial charge is 0.423 e. The van der Waals surface area contributed by atoms with Crippen molar-refractivity contribution in [1.29, 1.82) is 0 Å². The first-order valence-electron chi connectivity index (χ1n) is 5.91. The van der Waals surface area contributed by atoms with E-state index in [1.54, 1.807) is 12.1 Å². The zero-order chi connectivity index (χ0) is 12.5. The molecule has 0 bridgehead atoms. The number of fused-ring (bicyclic) bond motifs is 1. The quantitative estimate of drug-likeness (QED) is 0.814. The Morgan fingerprint density at radius 3 is 2.67 bits per heavy atom. The van der Waals surface area contributed by atoms with Crippen molar-refractivity contribution in [3.05, 3.63) is 65.5 Å². The first kappa shape index (κ1) is 11.4. The van der Waals surface area contributed by atoms with Crippen LogP contribution in [0.4, 0.5) is 4.39 Å². The summed E-state index contributed by atoms with van der Waals surface area (Å²) in [5, 5.41) is 9.77. The summed E-state index contributed by atoms with van der Waals surface area (Å²) in [6.45, 7) is 0. The van der Waals surface area contributed by atoms with Crippen molar-refractivity contribution in [2.75, 3.05) is 0 Å². The van der Waals surface area contributed by atoms with E-state index in [0.717, 1.165) is 5.56 Å². The van der Waals surface area contributed by atoms with Crippen LogP contribution >= 0.6 is 0 Å². The van der Waals surface area contributed by atoms with E-state index >= 15 is 0 Å². The summed E-state index contributed by atoms with van der Waals surface area (Å²) in [5.41, 5.74) is 2.08. The van der Waals surface area contributed by atoms with Gasteiger partial charge in [-0.2, -0.15) is 0 Å². The lowest BCUT2D eigenvalue weighted by Crippen LogP contribution is -2.28. The Bertz CT molecular complexity index is 559. The average Bonchev–Trinajstić information content (AvgIpc) is 2.69. The second-order valence-corrected chi connectivity index (χ2v) is 4.41. The predicted molar refractivity (Wildman–Crippen MR) is 68.0 cm³/mol. The molecule has 2 aromatic carbocycles. The van der Waals surface area contributed by atoms with Gasteiger partial charge in [-0.05, 0) is 17.1 Å². The standard InChI is InChI=1S/C14H12BFO2/c16-12-8-4-7-11-14(12)13(18-15(11)17)9-10-5-2-1-3-6-10/h1-8,13,17H,9H2. The molecule has 4 heteroatoms. The largest absolute Gasteiger partial charge is 0.492 e. The summed E-state index contributed by atoms with van der Waals surface area (Å²) in [6.07, 6.45) is 0.143. The fourth-order valence-electron chi connectivity index (χ4n) is 2.38. The highest BCUT2D eigenvalue weighted by Crippen LogP contribution is 2.29. The molecule has 1 heterocycles. The molecule has 0 amide bonds. The Morgan fingerprint density at radius 1 is 1.11 bits per heavy atom. The molecule has 0 fully saturated rings. The topological polar surface area (TPSA) is 29.5 Å². The van der Waals surface area contributed by atoms with Gasteiger partial charge in [-0.1, -0.05) is 42.5 Å². The number of halogens is 1. The van der Waals surface area contributed by atoms with E-state index in [0.29, 0.717) is 17.4 Å². The van der Waals surface area contributed by atoms with Crippen LogP contribution in [0.3, 0.4) is 0 Å². The highest BCUT2D eigenvalue weighted by Gasteiger charge is 2.36. The van der Waals surface area contributed by atoms with Crippen LogP contribution in [-0.4, -0.2) is 12.1 Å². The highest BCUT2D eigenvalue weighted by atomic mass is 19.1. The van der Waals surface area contributed by atoms with Gasteiger partial charge in [-0.25, -0.2) is 4.39 Å². The molecule has 0 saturated heterocycles. The van der Waals surface area contributed by atoms with Crippen molar-refractivity contribution < 1.29 is 14.1 Å². The van der Waals surface area contributed by atoms with E-state index < -0.39 is 13.2 Å². The zero-order valence-electron chi connectivity index (χ0n) is 9.71. The van der Waals surface area contributed by atoms with E-state index in [2.05, 4.69) is 0 Å². The highest BCUT2D eigenvalue weighted by molar-refractivity contribution is 6.61. The SMILES string of the molecule is OB1OC(Cc2ccccc2)c2c(F)cccc21. The summed E-state index contributed by atoms with van der Waals surface area (Å²) in [5.74, 6) is -0.315. The minimum absolute atomic E-state index is 0.315. The fraction of sp³-hybridized carbons (Fsp3) is 0.143. The van der Waals surface area contributed by atoms with Crippen LogP contribution in [0.1, 0.15) is 17.2 Å². The van der Waals surface area contributed by atoms with Crippen molar-refractivity contribution in [3.63, 3.8) is 0 Å². The van der Waals surface area contributed by atoms with Gasteiger partial charge in [-0.3, -0.25) is 0 Å². The van der Waals surface area contributed by atoms with Crippen molar-refractivity contribution in [3.8, 4) is 0 Å². The van der Waals surface area contributed by atoms with Crippen LogP contribution in [0.25, 0.3) is 0 Å². The molecular formula is C14H12BFO2. The second kappa shape index (κ2) is 4.56. The third-order valence-corrected chi connectivity index (χ3v) is 3.23. The van der Waals surface area contributed by atoms with Gasteiger partial charge in [0.05, 0.1) is 6.10 Å². The van der Waals surface area contributed by atoms with Crippen LogP contribution in [0.15, 0.2) is 48.5 Å². The van der Waals surface area contributed by atoms with E-state index in [1.807, 2.05) is 30.3 Å². The minimum atomic E-state index is -1.02. The van der Waals surface area contributed by atoms with Gasteiger partial charge >= 0.3 is 7.12 Å². The Labute approximate surface area is 105 Å². The first-order valence-corrected chi connectivity index (χ1v) is 5.91. The van der Waals surface area contributed by atoms with Gasteiger partial charge in [0.15, 0.2) is 0 Å². The average molecular weight is 242 g/mol. The molecule has 1 unspecified atom stereocenters. The molecule has 3 rings (SSSR count). The monoisotopic (exact) mass is 242 g/mol. The zero-order valence-corrected chi connectivity index (χ0v) is 9.71. The summed E-state index contributed by atoms with van der Waals surface area (Å²) >= 11 is 0. The normalized spacial score (nSPS) is 17.9. The van der Waals surface area contributed by atoms with Crippen LogP contribution in [0, 0.1) is 5.82 Å². The van der Waals surface area contributed by atoms with E-state index in [1.165, 1.54) is 6.07 Å². The molecule has 0 radical (unpaired) electrons. The summed E-state index contributed by atoms with van der Waals surface area (Å²) in [7, 11) is -1.02. The third kappa shape index (κ3) is 1.94. The summed E-state index contributed by atoms with van der Waals surface area (Å²) in [6, 6.07) is 14.4. The van der Waals surface area contributed by atoms with Gasteiger partial charge in [-0.15, -0.1) is 0 Å². The van der Waals surface area contributed by atoms with Gasteiger partial charge in [0.1, 0.15) is 5.82 Å². The molecule has 1 N–H and O–H groups in total. The van der Waals surface area contributed by atoms with Gasteiger partial charge < -0.3 is 9.68 Å². The molecule has 1 atom stereocenters. The maximum Gasteiger partial charge on any atom is 0.492 e.